The molecule has 0 aliphatic heterocycles. The van der Waals surface area contributed by atoms with Crippen LogP contribution in [0.4, 0.5) is 5.69 Å². The summed E-state index contributed by atoms with van der Waals surface area (Å²) in [5, 5.41) is 14.0. The molecule has 227 valence electrons. The number of ketones is 1. The zero-order valence-electron chi connectivity index (χ0n) is 25.8. The van der Waals surface area contributed by atoms with Gasteiger partial charge in [-0.1, -0.05) is 76.3 Å². The van der Waals surface area contributed by atoms with Gasteiger partial charge in [0.05, 0.1) is 12.3 Å². The minimum atomic E-state index is 0. The topological polar surface area (TPSA) is 54.5 Å². The summed E-state index contributed by atoms with van der Waals surface area (Å²) < 4.78 is 0. The van der Waals surface area contributed by atoms with E-state index in [1.165, 1.54) is 42.7 Å². The van der Waals surface area contributed by atoms with Gasteiger partial charge in [-0.3, -0.25) is 14.6 Å². The molecule has 1 aliphatic carbocycles. The molecular formula is C38H43IrN2O2-. The molecule has 1 N–H and O–H groups in total. The normalized spacial score (nSPS) is 13.6. The average Bonchev–Trinajstić information content (AvgIpc) is 3.57. The second-order valence-corrected chi connectivity index (χ2v) is 11.3. The number of hydrogen-bond acceptors (Lipinski definition) is 3. The Morgan fingerprint density at radius 1 is 0.977 bits per heavy atom. The first kappa shape index (κ1) is 34.2. The first-order valence-electron chi connectivity index (χ1n) is 15.6. The Morgan fingerprint density at radius 2 is 1.65 bits per heavy atom. The maximum atomic E-state index is 11.7. The van der Waals surface area contributed by atoms with Gasteiger partial charge in [0.1, 0.15) is 5.69 Å². The van der Waals surface area contributed by atoms with Gasteiger partial charge in [0.25, 0.3) is 0 Å². The molecule has 1 fully saturated rings. The fourth-order valence-corrected chi connectivity index (χ4v) is 6.13. The van der Waals surface area contributed by atoms with Crippen LogP contribution in [-0.4, -0.2) is 15.9 Å². The van der Waals surface area contributed by atoms with E-state index >= 15 is 0 Å². The third-order valence-electron chi connectivity index (χ3n) is 8.83. The number of benzene rings is 3. The second kappa shape index (κ2) is 16.5. The molecule has 1 aliphatic rings. The largest absolute Gasteiger partial charge is 0.512 e. The molecule has 4 aromatic rings. The molecule has 0 unspecified atom stereocenters. The van der Waals surface area contributed by atoms with Crippen LogP contribution in [0, 0.1) is 24.5 Å². The Bertz CT molecular complexity index is 1590. The van der Waals surface area contributed by atoms with Crippen LogP contribution in [0.3, 0.4) is 0 Å². The zero-order valence-corrected chi connectivity index (χ0v) is 28.2. The van der Waals surface area contributed by atoms with Crippen molar-refractivity contribution in [2.45, 2.75) is 85.0 Å². The molecule has 0 saturated heterocycles. The molecule has 0 amide bonds. The molecule has 0 spiro atoms. The van der Waals surface area contributed by atoms with E-state index in [1.54, 1.807) is 0 Å². The third-order valence-corrected chi connectivity index (χ3v) is 8.83. The van der Waals surface area contributed by atoms with E-state index in [0.717, 1.165) is 53.1 Å². The smallest absolute Gasteiger partial charge is 0.162 e. The van der Waals surface area contributed by atoms with Gasteiger partial charge in [0, 0.05) is 49.9 Å². The fraction of sp³-hybridized carbons (Fsp3) is 0.395. The van der Waals surface area contributed by atoms with Crippen molar-refractivity contribution < 1.29 is 30.0 Å². The maximum absolute atomic E-state index is 11.7. The monoisotopic (exact) mass is 752 g/mol. The summed E-state index contributed by atoms with van der Waals surface area (Å²) in [4.78, 5) is 20.1. The molecule has 1 aromatic heterocycles. The number of aliphatic hydroxyl groups is 1. The number of allylic oxidation sites excluding steroid dienone is 2. The van der Waals surface area contributed by atoms with Crippen LogP contribution in [0.5, 0.6) is 0 Å². The van der Waals surface area contributed by atoms with Crippen LogP contribution in [0.15, 0.2) is 72.6 Å². The summed E-state index contributed by atoms with van der Waals surface area (Å²) in [6, 6.07) is 22.2. The van der Waals surface area contributed by atoms with Gasteiger partial charge in [0.15, 0.2) is 5.78 Å². The van der Waals surface area contributed by atoms with Crippen molar-refractivity contribution in [3.63, 3.8) is 0 Å². The van der Waals surface area contributed by atoms with E-state index in [2.05, 4.69) is 40.2 Å². The fourth-order valence-electron chi connectivity index (χ4n) is 6.13. The quantitative estimate of drug-likeness (QED) is 0.105. The molecule has 4 nitrogen and oxygen atoms in total. The summed E-state index contributed by atoms with van der Waals surface area (Å²) in [5.74, 6) is 1.25. The summed E-state index contributed by atoms with van der Waals surface area (Å²) in [6.07, 6.45) is 12.1. The van der Waals surface area contributed by atoms with E-state index in [0.29, 0.717) is 11.6 Å². The molecule has 0 bridgehead atoms. The van der Waals surface area contributed by atoms with Crippen molar-refractivity contribution in [1.29, 1.82) is 0 Å². The molecule has 1 heterocycles. The number of hydrogen-bond donors (Lipinski definition) is 1. The van der Waals surface area contributed by atoms with Crippen molar-refractivity contribution in [3.8, 4) is 11.3 Å². The van der Waals surface area contributed by atoms with Gasteiger partial charge < -0.3 is 5.11 Å². The van der Waals surface area contributed by atoms with Crippen LogP contribution in [0.25, 0.3) is 37.6 Å². The average molecular weight is 752 g/mol. The first-order valence-corrected chi connectivity index (χ1v) is 15.6. The molecule has 1 saturated carbocycles. The third kappa shape index (κ3) is 8.20. The van der Waals surface area contributed by atoms with Gasteiger partial charge in [-0.15, -0.1) is 35.2 Å². The van der Waals surface area contributed by atoms with Crippen molar-refractivity contribution in [1.82, 2.24) is 4.98 Å². The Hall–Kier alpha value is -3.32. The van der Waals surface area contributed by atoms with Crippen molar-refractivity contribution in [3.05, 3.63) is 95.7 Å². The van der Waals surface area contributed by atoms with Crippen LogP contribution in [-0.2, 0) is 24.9 Å². The molecular weight excluding hydrogens is 709 g/mol. The van der Waals surface area contributed by atoms with Crippen LogP contribution in [0.2, 0.25) is 0 Å². The molecule has 1 radical (unpaired) electrons. The molecule has 43 heavy (non-hydrogen) atoms. The summed E-state index contributed by atoms with van der Waals surface area (Å²) in [6.45, 7) is 15.6. The van der Waals surface area contributed by atoms with Crippen LogP contribution >= 0.6 is 0 Å². The van der Waals surface area contributed by atoms with Gasteiger partial charge in [-0.05, 0) is 66.8 Å². The second-order valence-electron chi connectivity index (χ2n) is 11.3. The van der Waals surface area contributed by atoms with E-state index in [-0.39, 0.29) is 43.5 Å². The van der Waals surface area contributed by atoms with E-state index < -0.39 is 0 Å². The van der Waals surface area contributed by atoms with E-state index in [1.807, 2.05) is 64.2 Å². The molecule has 0 atom stereocenters. The number of aromatic nitrogens is 1. The SMILES string of the molecule is CCC(CC)C(=O)/C=C(\O)C(CC)CC.[C-]#[N+]c1cc(-c2nccc3cc(C4CCCC4)ccc23)[c-]c2ccccc12.[Ir]. The summed E-state index contributed by atoms with van der Waals surface area (Å²) >= 11 is 0. The number of carbonyl (C=O) groups is 1. The predicted molar refractivity (Wildman–Crippen MR) is 175 cm³/mol. The first-order chi connectivity index (χ1) is 20.4. The zero-order chi connectivity index (χ0) is 30.1. The summed E-state index contributed by atoms with van der Waals surface area (Å²) in [5.41, 5.74) is 3.89. The van der Waals surface area contributed by atoms with Gasteiger partial charge in [-0.25, -0.2) is 0 Å². The molecule has 5 rings (SSSR count). The number of nitrogens with zero attached hydrogens (tertiary/aromatic N) is 2. The van der Waals surface area contributed by atoms with Crippen molar-refractivity contribution in [2.75, 3.05) is 0 Å². The van der Waals surface area contributed by atoms with Gasteiger partial charge >= 0.3 is 0 Å². The minimum absolute atomic E-state index is 0. The predicted octanol–water partition coefficient (Wildman–Crippen LogP) is 10.9. The number of aliphatic hydroxyl groups excluding tert-OH is 1. The van der Waals surface area contributed by atoms with E-state index in [9.17, 15) is 9.90 Å². The standard InChI is InChI=1S/C25H19N2.C13H24O2.Ir/c1-26-24-16-21(15-19-8-4-5-9-22(19)24)25-23-11-10-18(17-6-2-3-7-17)14-20(23)12-13-27-25;1-5-10(6-2)12(14)9-13(15)11(7-3)8-4;/h4-5,8-14,16-17H,2-3,6-7H2;9-11,14H,5-8H2,1-4H3;/q-1;;/b;12-9-;. The van der Waals surface area contributed by atoms with Crippen LogP contribution < -0.4 is 0 Å². The Balaban J connectivity index is 0.000000274. The van der Waals surface area contributed by atoms with Crippen LogP contribution in [0.1, 0.15) is 90.5 Å². The number of rotatable bonds is 9. The van der Waals surface area contributed by atoms with Crippen molar-refractivity contribution >= 4 is 33.0 Å². The molecule has 3 aromatic carbocycles. The maximum Gasteiger partial charge on any atom is 0.162 e. The van der Waals surface area contributed by atoms with Gasteiger partial charge in [-0.2, -0.15) is 0 Å². The van der Waals surface area contributed by atoms with Crippen molar-refractivity contribution in [2.24, 2.45) is 11.8 Å². The Labute approximate surface area is 270 Å². The number of fused-ring (bicyclic) bond motifs is 2. The number of pyridine rings is 1. The minimum Gasteiger partial charge on any atom is -0.512 e. The molecule has 5 heteroatoms. The Kier molecular flexibility index (Phi) is 13.1. The summed E-state index contributed by atoms with van der Waals surface area (Å²) in [7, 11) is 0. The van der Waals surface area contributed by atoms with E-state index in [4.69, 9.17) is 6.57 Å². The number of carbonyl (C=O) groups excluding carboxylic acids is 1. The van der Waals surface area contributed by atoms with Gasteiger partial charge in [0.2, 0.25) is 0 Å². The Morgan fingerprint density at radius 3 is 2.30 bits per heavy atom.